The third-order valence-corrected chi connectivity index (χ3v) is 3.43. The molecule has 0 N–H and O–H groups in total. The fourth-order valence-electron chi connectivity index (χ4n) is 1.49. The molecule has 0 radical (unpaired) electrons. The second-order valence-electron chi connectivity index (χ2n) is 4.00. The highest BCUT2D eigenvalue weighted by Gasteiger charge is 2.21. The minimum Gasteiger partial charge on any atom is -0.390 e. The summed E-state index contributed by atoms with van der Waals surface area (Å²) in [4.78, 5) is 12.3. The molecule has 0 aromatic carbocycles. The molecule has 0 fully saturated rings. The third-order valence-electron chi connectivity index (χ3n) is 2.42. The van der Waals surface area contributed by atoms with E-state index in [0.29, 0.717) is 17.6 Å². The SMILES string of the molecule is c1ccc(OP(Oc2ccccn2)Oc2ccccn2)nc1. The van der Waals surface area contributed by atoms with Gasteiger partial charge in [0.05, 0.1) is 0 Å². The molecule has 110 valence electrons. The topological polar surface area (TPSA) is 66.4 Å². The number of hydrogen-bond donors (Lipinski definition) is 0. The number of rotatable bonds is 6. The molecule has 0 saturated carbocycles. The molecule has 0 atom stereocenters. The van der Waals surface area contributed by atoms with Crippen LogP contribution in [0.25, 0.3) is 0 Å². The summed E-state index contributed by atoms with van der Waals surface area (Å²) in [5, 5.41) is 0. The monoisotopic (exact) mass is 313 g/mol. The maximum atomic E-state index is 5.65. The summed E-state index contributed by atoms with van der Waals surface area (Å²) in [6, 6.07) is 16.0. The summed E-state index contributed by atoms with van der Waals surface area (Å²) in [5.41, 5.74) is 0. The first-order valence-electron chi connectivity index (χ1n) is 6.47. The van der Waals surface area contributed by atoms with Gasteiger partial charge < -0.3 is 13.6 Å². The van der Waals surface area contributed by atoms with Crippen molar-refractivity contribution in [1.82, 2.24) is 15.0 Å². The number of nitrogens with zero attached hydrogens (tertiary/aromatic N) is 3. The predicted molar refractivity (Wildman–Crippen MR) is 81.5 cm³/mol. The van der Waals surface area contributed by atoms with Crippen molar-refractivity contribution in [3.63, 3.8) is 0 Å². The van der Waals surface area contributed by atoms with E-state index in [1.54, 1.807) is 55.0 Å². The number of aromatic nitrogens is 3. The Bertz CT molecular complexity index is 588. The normalized spacial score (nSPS) is 10.2. The quantitative estimate of drug-likeness (QED) is 0.647. The summed E-state index contributed by atoms with van der Waals surface area (Å²) in [6.07, 6.45) is 4.89. The minimum absolute atomic E-state index is 0.403. The van der Waals surface area contributed by atoms with Gasteiger partial charge in [0.25, 0.3) is 0 Å². The Labute approximate surface area is 128 Å². The van der Waals surface area contributed by atoms with E-state index in [9.17, 15) is 0 Å². The van der Waals surface area contributed by atoms with Crippen LogP contribution in [0, 0.1) is 0 Å². The molecule has 0 saturated heterocycles. The van der Waals surface area contributed by atoms with Crippen LogP contribution in [-0.4, -0.2) is 15.0 Å². The lowest BCUT2D eigenvalue weighted by Gasteiger charge is -2.15. The van der Waals surface area contributed by atoms with Crippen molar-refractivity contribution in [1.29, 1.82) is 0 Å². The first-order chi connectivity index (χ1) is 10.9. The molecule has 0 aliphatic carbocycles. The summed E-state index contributed by atoms with van der Waals surface area (Å²) in [7, 11) is -1.78. The fraction of sp³-hybridized carbons (Fsp3) is 0. The van der Waals surface area contributed by atoms with Crippen LogP contribution in [0.2, 0.25) is 0 Å². The summed E-state index contributed by atoms with van der Waals surface area (Å²) in [5.74, 6) is 1.21. The van der Waals surface area contributed by atoms with Crippen molar-refractivity contribution < 1.29 is 13.6 Å². The minimum atomic E-state index is -1.78. The maximum absolute atomic E-state index is 5.65. The molecule has 0 amide bonds. The molecule has 3 aromatic rings. The van der Waals surface area contributed by atoms with Crippen molar-refractivity contribution >= 4 is 8.60 Å². The zero-order valence-corrected chi connectivity index (χ0v) is 12.3. The highest BCUT2D eigenvalue weighted by Crippen LogP contribution is 2.40. The van der Waals surface area contributed by atoms with Crippen LogP contribution in [0.3, 0.4) is 0 Å². The van der Waals surface area contributed by atoms with Crippen LogP contribution in [0.4, 0.5) is 0 Å². The Balaban J connectivity index is 1.75. The number of hydrogen-bond acceptors (Lipinski definition) is 6. The van der Waals surface area contributed by atoms with E-state index in [4.69, 9.17) is 13.6 Å². The first-order valence-corrected chi connectivity index (χ1v) is 7.57. The molecule has 6 nitrogen and oxygen atoms in total. The number of pyridine rings is 3. The van der Waals surface area contributed by atoms with Gasteiger partial charge in [0.2, 0.25) is 17.6 Å². The molecular formula is C15H12N3O3P. The van der Waals surface area contributed by atoms with Gasteiger partial charge >= 0.3 is 8.60 Å². The Morgan fingerprint density at radius 3 is 1.18 bits per heavy atom. The molecule has 0 unspecified atom stereocenters. The van der Waals surface area contributed by atoms with Crippen LogP contribution in [0.1, 0.15) is 0 Å². The van der Waals surface area contributed by atoms with E-state index < -0.39 is 8.60 Å². The van der Waals surface area contributed by atoms with Gasteiger partial charge in [-0.05, 0) is 18.2 Å². The lowest BCUT2D eigenvalue weighted by atomic mass is 10.5. The van der Waals surface area contributed by atoms with Crippen LogP contribution >= 0.6 is 8.60 Å². The summed E-state index contributed by atoms with van der Waals surface area (Å²) < 4.78 is 17.0. The second kappa shape index (κ2) is 7.33. The van der Waals surface area contributed by atoms with Gasteiger partial charge in [-0.3, -0.25) is 0 Å². The van der Waals surface area contributed by atoms with E-state index in [1.807, 2.05) is 18.2 Å². The second-order valence-corrected chi connectivity index (χ2v) is 5.00. The molecule has 0 bridgehead atoms. The standard InChI is InChI=1S/C15H12N3O3P/c1-4-10-16-13(7-1)19-22(20-14-8-2-5-11-17-14)21-15-9-3-6-12-18-15/h1-12H. The Hall–Kier alpha value is -2.72. The zero-order chi connectivity index (χ0) is 15.0. The Morgan fingerprint density at radius 2 is 0.909 bits per heavy atom. The summed E-state index contributed by atoms with van der Waals surface area (Å²) >= 11 is 0. The zero-order valence-electron chi connectivity index (χ0n) is 11.4. The maximum Gasteiger partial charge on any atom is 0.534 e. The molecular weight excluding hydrogens is 301 g/mol. The highest BCUT2D eigenvalue weighted by molar-refractivity contribution is 7.43. The summed E-state index contributed by atoms with van der Waals surface area (Å²) in [6.45, 7) is 0. The smallest absolute Gasteiger partial charge is 0.390 e. The van der Waals surface area contributed by atoms with Gasteiger partial charge in [0.1, 0.15) is 0 Å². The average molecular weight is 313 g/mol. The van der Waals surface area contributed by atoms with Crippen molar-refractivity contribution in [3.05, 3.63) is 73.2 Å². The largest absolute Gasteiger partial charge is 0.534 e. The van der Waals surface area contributed by atoms with Crippen molar-refractivity contribution in [2.24, 2.45) is 0 Å². The van der Waals surface area contributed by atoms with Crippen molar-refractivity contribution in [3.8, 4) is 17.6 Å². The lowest BCUT2D eigenvalue weighted by Crippen LogP contribution is -2.04. The van der Waals surface area contributed by atoms with Gasteiger partial charge in [0, 0.05) is 36.8 Å². The fourth-order valence-corrected chi connectivity index (χ4v) is 2.38. The lowest BCUT2D eigenvalue weighted by molar-refractivity contribution is 0.371. The molecule has 3 heterocycles. The van der Waals surface area contributed by atoms with Gasteiger partial charge in [-0.25, -0.2) is 15.0 Å². The van der Waals surface area contributed by atoms with Crippen molar-refractivity contribution in [2.75, 3.05) is 0 Å². The van der Waals surface area contributed by atoms with Gasteiger partial charge in [-0.1, -0.05) is 18.2 Å². The molecule has 3 aromatic heterocycles. The Kier molecular flexibility index (Phi) is 4.74. The van der Waals surface area contributed by atoms with E-state index in [0.717, 1.165) is 0 Å². The third kappa shape index (κ3) is 4.14. The molecule has 3 rings (SSSR count). The molecule has 0 aliphatic heterocycles. The molecule has 0 spiro atoms. The average Bonchev–Trinajstić information content (AvgIpc) is 2.57. The van der Waals surface area contributed by atoms with Gasteiger partial charge in [-0.15, -0.1) is 0 Å². The van der Waals surface area contributed by atoms with E-state index in [2.05, 4.69) is 15.0 Å². The first kappa shape index (κ1) is 14.2. The Morgan fingerprint density at radius 1 is 0.545 bits per heavy atom. The van der Waals surface area contributed by atoms with E-state index in [1.165, 1.54) is 0 Å². The van der Waals surface area contributed by atoms with E-state index in [-0.39, 0.29) is 0 Å². The molecule has 0 aliphatic rings. The van der Waals surface area contributed by atoms with Crippen LogP contribution in [0.5, 0.6) is 17.6 Å². The van der Waals surface area contributed by atoms with Crippen LogP contribution in [-0.2, 0) is 0 Å². The van der Waals surface area contributed by atoms with Crippen LogP contribution < -0.4 is 13.6 Å². The van der Waals surface area contributed by atoms with Crippen molar-refractivity contribution in [2.45, 2.75) is 0 Å². The highest BCUT2D eigenvalue weighted by atomic mass is 31.2. The molecule has 7 heteroatoms. The van der Waals surface area contributed by atoms with Gasteiger partial charge in [0.15, 0.2) is 0 Å². The molecule has 22 heavy (non-hydrogen) atoms. The van der Waals surface area contributed by atoms with Gasteiger partial charge in [-0.2, -0.15) is 0 Å². The van der Waals surface area contributed by atoms with Crippen LogP contribution in [0.15, 0.2) is 73.2 Å². The van der Waals surface area contributed by atoms with E-state index >= 15 is 0 Å². The predicted octanol–water partition coefficient (Wildman–Crippen LogP) is 3.64.